The number of carboxylic acid groups (broad SMARTS) is 1. The molecule has 0 bridgehead atoms. The molecule has 0 aliphatic heterocycles. The number of nitrogens with two attached hydrogens (primary N) is 1. The molecule has 0 fully saturated rings. The van der Waals surface area contributed by atoms with Crippen LogP contribution in [0.2, 0.25) is 0 Å². The summed E-state index contributed by atoms with van der Waals surface area (Å²) in [5.41, 5.74) is 10.3. The molecule has 0 unspecified atom stereocenters. The van der Waals surface area contributed by atoms with Gasteiger partial charge >= 0.3 is 5.97 Å². The second-order valence-electron chi connectivity index (χ2n) is 7.77. The maximum atomic E-state index is 13.2. The summed E-state index contributed by atoms with van der Waals surface area (Å²) < 4.78 is 14.8. The molecular formula is C25H22FN5O3. The van der Waals surface area contributed by atoms with Crippen molar-refractivity contribution >= 4 is 23.3 Å². The minimum absolute atomic E-state index is 0.187. The largest absolute Gasteiger partial charge is 0.478 e. The number of amides is 1. The topological polar surface area (TPSA) is 123 Å². The van der Waals surface area contributed by atoms with Gasteiger partial charge in [0.15, 0.2) is 0 Å². The number of aromatic carboxylic acids is 1. The number of nitrogen functional groups attached to an aromatic ring is 1. The van der Waals surface area contributed by atoms with E-state index >= 15 is 0 Å². The molecule has 0 saturated carbocycles. The van der Waals surface area contributed by atoms with E-state index < -0.39 is 5.97 Å². The second-order valence-corrected chi connectivity index (χ2v) is 7.77. The molecule has 9 heteroatoms. The van der Waals surface area contributed by atoms with Crippen LogP contribution in [0.1, 0.15) is 28.0 Å². The third kappa shape index (κ3) is 5.63. The molecule has 8 nitrogen and oxygen atoms in total. The Morgan fingerprint density at radius 3 is 2.41 bits per heavy atom. The lowest BCUT2D eigenvalue weighted by atomic mass is 10.0. The van der Waals surface area contributed by atoms with Gasteiger partial charge in [-0.15, -0.1) is 5.10 Å². The van der Waals surface area contributed by atoms with Crippen molar-refractivity contribution in [2.75, 3.05) is 11.1 Å². The summed E-state index contributed by atoms with van der Waals surface area (Å²) in [4.78, 5) is 23.4. The number of carboxylic acids is 1. The van der Waals surface area contributed by atoms with Gasteiger partial charge in [0, 0.05) is 19.0 Å². The number of carbonyl (C=O) groups excluding carboxylic acids is 1. The number of hydrogen-bond donors (Lipinski definition) is 3. The van der Waals surface area contributed by atoms with E-state index in [0.29, 0.717) is 30.0 Å². The maximum absolute atomic E-state index is 13.2. The molecule has 34 heavy (non-hydrogen) atoms. The lowest BCUT2D eigenvalue weighted by Crippen LogP contribution is -2.13. The highest BCUT2D eigenvalue weighted by molar-refractivity contribution is 5.95. The average molecular weight is 459 g/mol. The standard InChI is InChI=1S/C25H22FN5O3/c26-20-8-5-17(6-9-20)19-7-11-22(27)23(13-19)28-24(32)12-10-21-15-31(30-29-21)14-16-1-3-18(4-2-16)25(33)34/h1-9,11,13,15H,10,12,14,27H2,(H,28,32)(H,33,34). The molecule has 4 aromatic rings. The fourth-order valence-electron chi connectivity index (χ4n) is 3.41. The highest BCUT2D eigenvalue weighted by Gasteiger charge is 2.10. The van der Waals surface area contributed by atoms with Gasteiger partial charge in [-0.05, 0) is 53.1 Å². The quantitative estimate of drug-likeness (QED) is 0.343. The van der Waals surface area contributed by atoms with Crippen LogP contribution in [0, 0.1) is 5.82 Å². The molecule has 0 atom stereocenters. The van der Waals surface area contributed by atoms with Gasteiger partial charge in [0.1, 0.15) is 5.82 Å². The molecule has 4 N–H and O–H groups in total. The molecule has 0 aliphatic carbocycles. The third-order valence-electron chi connectivity index (χ3n) is 5.24. The van der Waals surface area contributed by atoms with Gasteiger partial charge in [0.2, 0.25) is 5.91 Å². The molecule has 0 radical (unpaired) electrons. The van der Waals surface area contributed by atoms with Crippen LogP contribution >= 0.6 is 0 Å². The lowest BCUT2D eigenvalue weighted by Gasteiger charge is -2.10. The number of aryl methyl sites for hydroxylation is 1. The number of halogens is 1. The van der Waals surface area contributed by atoms with Gasteiger partial charge in [-0.1, -0.05) is 35.5 Å². The monoisotopic (exact) mass is 459 g/mol. The number of nitrogens with one attached hydrogen (secondary N) is 1. The highest BCUT2D eigenvalue weighted by Crippen LogP contribution is 2.27. The molecule has 1 amide bonds. The van der Waals surface area contributed by atoms with E-state index in [0.717, 1.165) is 16.7 Å². The number of aromatic nitrogens is 3. The molecule has 0 aliphatic rings. The van der Waals surface area contributed by atoms with Crippen LogP contribution < -0.4 is 11.1 Å². The van der Waals surface area contributed by atoms with Gasteiger partial charge in [-0.3, -0.25) is 4.79 Å². The summed E-state index contributed by atoms with van der Waals surface area (Å²) in [6.07, 6.45) is 2.33. The van der Waals surface area contributed by atoms with Crippen molar-refractivity contribution < 1.29 is 19.1 Å². The van der Waals surface area contributed by atoms with E-state index in [1.165, 1.54) is 24.3 Å². The van der Waals surface area contributed by atoms with Crippen LogP contribution in [0.5, 0.6) is 0 Å². The summed E-state index contributed by atoms with van der Waals surface area (Å²) >= 11 is 0. The first-order chi connectivity index (χ1) is 16.4. The third-order valence-corrected chi connectivity index (χ3v) is 5.24. The Morgan fingerprint density at radius 1 is 1.00 bits per heavy atom. The van der Waals surface area contributed by atoms with Crippen LogP contribution in [-0.4, -0.2) is 32.0 Å². The van der Waals surface area contributed by atoms with Crippen molar-refractivity contribution in [3.63, 3.8) is 0 Å². The average Bonchev–Trinajstić information content (AvgIpc) is 3.27. The van der Waals surface area contributed by atoms with Crippen LogP contribution in [0.15, 0.2) is 72.9 Å². The van der Waals surface area contributed by atoms with E-state index in [4.69, 9.17) is 10.8 Å². The first kappa shape index (κ1) is 22.7. The van der Waals surface area contributed by atoms with Gasteiger partial charge in [-0.2, -0.15) is 0 Å². The van der Waals surface area contributed by atoms with Gasteiger partial charge in [-0.25, -0.2) is 13.9 Å². The summed E-state index contributed by atoms with van der Waals surface area (Å²) in [5, 5.41) is 20.0. The van der Waals surface area contributed by atoms with Crippen molar-refractivity contribution in [3.8, 4) is 11.1 Å². The normalized spacial score (nSPS) is 10.7. The maximum Gasteiger partial charge on any atom is 0.335 e. The Bertz CT molecular complexity index is 1320. The molecule has 1 aromatic heterocycles. The first-order valence-electron chi connectivity index (χ1n) is 10.5. The molecule has 172 valence electrons. The molecule has 4 rings (SSSR count). The van der Waals surface area contributed by atoms with E-state index in [-0.39, 0.29) is 23.7 Å². The Hall–Kier alpha value is -4.53. The van der Waals surface area contributed by atoms with E-state index in [9.17, 15) is 14.0 Å². The predicted octanol–water partition coefficient (Wildman–Crippen LogP) is 3.98. The lowest BCUT2D eigenvalue weighted by molar-refractivity contribution is -0.116. The predicted molar refractivity (Wildman–Crippen MR) is 126 cm³/mol. The van der Waals surface area contributed by atoms with Gasteiger partial charge in [0.25, 0.3) is 0 Å². The van der Waals surface area contributed by atoms with Crippen LogP contribution in [0.25, 0.3) is 11.1 Å². The number of carbonyl (C=O) groups is 2. The zero-order valence-electron chi connectivity index (χ0n) is 18.1. The van der Waals surface area contributed by atoms with Crippen LogP contribution in [0.3, 0.4) is 0 Å². The fraction of sp³-hybridized carbons (Fsp3) is 0.120. The Balaban J connectivity index is 1.34. The van der Waals surface area contributed by atoms with Crippen molar-refractivity contribution in [1.82, 2.24) is 15.0 Å². The number of hydrogen-bond acceptors (Lipinski definition) is 5. The van der Waals surface area contributed by atoms with E-state index in [2.05, 4.69) is 15.6 Å². The molecular weight excluding hydrogens is 437 g/mol. The van der Waals surface area contributed by atoms with Crippen molar-refractivity contribution in [2.24, 2.45) is 0 Å². The molecule has 1 heterocycles. The number of nitrogens with zero attached hydrogens (tertiary/aromatic N) is 3. The summed E-state index contributed by atoms with van der Waals surface area (Å²) in [6.45, 7) is 0.436. The number of benzene rings is 3. The van der Waals surface area contributed by atoms with Gasteiger partial charge in [0.05, 0.1) is 29.2 Å². The molecule has 0 spiro atoms. The molecule has 0 saturated heterocycles. The van der Waals surface area contributed by atoms with Crippen LogP contribution in [-0.2, 0) is 17.8 Å². The van der Waals surface area contributed by atoms with Crippen molar-refractivity contribution in [2.45, 2.75) is 19.4 Å². The van der Waals surface area contributed by atoms with Crippen molar-refractivity contribution in [1.29, 1.82) is 0 Å². The Kier molecular flexibility index (Phi) is 6.63. The Labute approximate surface area is 194 Å². The Morgan fingerprint density at radius 2 is 1.71 bits per heavy atom. The second kappa shape index (κ2) is 9.95. The SMILES string of the molecule is Nc1ccc(-c2ccc(F)cc2)cc1NC(=O)CCc1cn(Cc2ccc(C(=O)O)cc2)nn1. The molecule has 3 aromatic carbocycles. The van der Waals surface area contributed by atoms with E-state index in [1.807, 2.05) is 6.07 Å². The van der Waals surface area contributed by atoms with Gasteiger partial charge < -0.3 is 16.2 Å². The minimum atomic E-state index is -0.975. The summed E-state index contributed by atoms with van der Waals surface area (Å²) in [5.74, 6) is -1.51. The number of anilines is 2. The smallest absolute Gasteiger partial charge is 0.335 e. The summed E-state index contributed by atoms with van der Waals surface area (Å²) in [7, 11) is 0. The minimum Gasteiger partial charge on any atom is -0.478 e. The highest BCUT2D eigenvalue weighted by atomic mass is 19.1. The van der Waals surface area contributed by atoms with Crippen LogP contribution in [0.4, 0.5) is 15.8 Å². The first-order valence-corrected chi connectivity index (χ1v) is 10.5. The van der Waals surface area contributed by atoms with E-state index in [1.54, 1.807) is 47.3 Å². The zero-order chi connectivity index (χ0) is 24.1. The number of rotatable bonds is 8. The summed E-state index contributed by atoms with van der Waals surface area (Å²) in [6, 6.07) is 17.9. The zero-order valence-corrected chi connectivity index (χ0v) is 18.1. The van der Waals surface area contributed by atoms with Crippen molar-refractivity contribution in [3.05, 3.63) is 95.6 Å². The fourth-order valence-corrected chi connectivity index (χ4v) is 3.41.